The summed E-state index contributed by atoms with van der Waals surface area (Å²) in [5, 5.41) is 2.75. The Morgan fingerprint density at radius 2 is 1.84 bits per heavy atom. The van der Waals surface area contributed by atoms with Crippen molar-refractivity contribution in [3.05, 3.63) is 59.0 Å². The summed E-state index contributed by atoms with van der Waals surface area (Å²) in [5.74, 6) is -0.0289. The number of thiazole rings is 1. The number of nitrogens with one attached hydrogen (secondary N) is 2. The molecule has 0 spiro atoms. The highest BCUT2D eigenvalue weighted by Crippen LogP contribution is 2.32. The Kier molecular flexibility index (Phi) is 6.86. The van der Waals surface area contributed by atoms with Crippen LogP contribution in [0.3, 0.4) is 0 Å². The van der Waals surface area contributed by atoms with E-state index in [0.717, 1.165) is 28.6 Å². The fourth-order valence-corrected chi connectivity index (χ4v) is 4.59. The highest BCUT2D eigenvalue weighted by molar-refractivity contribution is 7.89. The highest BCUT2D eigenvalue weighted by atomic mass is 32.2. The van der Waals surface area contributed by atoms with Crippen LogP contribution in [0, 0.1) is 6.92 Å². The molecule has 0 fully saturated rings. The van der Waals surface area contributed by atoms with Gasteiger partial charge in [0.2, 0.25) is 15.9 Å². The van der Waals surface area contributed by atoms with Gasteiger partial charge in [0.1, 0.15) is 5.75 Å². The van der Waals surface area contributed by atoms with Gasteiger partial charge in [-0.1, -0.05) is 6.07 Å². The van der Waals surface area contributed by atoms with E-state index in [1.807, 2.05) is 23.8 Å². The van der Waals surface area contributed by atoms with Gasteiger partial charge in [-0.25, -0.2) is 18.1 Å². The molecule has 0 bridgehead atoms. The number of methoxy groups -OCH3 is 1. The molecule has 1 aromatic heterocycles. The summed E-state index contributed by atoms with van der Waals surface area (Å²) in [5.41, 5.74) is 0.358. The SMILES string of the molecule is COc1ccc(-c2nc(NC(=O)CNS(=O)(=O)c3cccc(C(F)(F)F)c3)sc2C)cc1. The second-order valence-corrected chi connectivity index (χ2v) is 9.52. The lowest BCUT2D eigenvalue weighted by Gasteiger charge is -2.10. The Morgan fingerprint density at radius 1 is 1.16 bits per heavy atom. The number of sulfonamides is 1. The van der Waals surface area contributed by atoms with Crippen molar-refractivity contribution < 1.29 is 31.1 Å². The third kappa shape index (κ3) is 5.64. The first kappa shape index (κ1) is 23.7. The lowest BCUT2D eigenvalue weighted by Crippen LogP contribution is -2.33. The maximum Gasteiger partial charge on any atom is 0.416 e. The number of rotatable bonds is 7. The number of benzene rings is 2. The van der Waals surface area contributed by atoms with Gasteiger partial charge in [0, 0.05) is 10.4 Å². The molecule has 1 heterocycles. The molecule has 170 valence electrons. The maximum absolute atomic E-state index is 12.8. The van der Waals surface area contributed by atoms with Crippen molar-refractivity contribution in [1.82, 2.24) is 9.71 Å². The van der Waals surface area contributed by atoms with Crippen molar-refractivity contribution in [2.45, 2.75) is 18.0 Å². The highest BCUT2D eigenvalue weighted by Gasteiger charge is 2.31. The van der Waals surface area contributed by atoms with Gasteiger partial charge in [-0.15, -0.1) is 11.3 Å². The first-order valence-electron chi connectivity index (χ1n) is 9.08. The second kappa shape index (κ2) is 9.27. The molecule has 32 heavy (non-hydrogen) atoms. The van der Waals surface area contributed by atoms with Crippen LogP contribution in [0.5, 0.6) is 5.75 Å². The van der Waals surface area contributed by atoms with Crippen LogP contribution in [0.25, 0.3) is 11.3 Å². The van der Waals surface area contributed by atoms with Gasteiger partial charge in [0.15, 0.2) is 5.13 Å². The Hall–Kier alpha value is -2.96. The van der Waals surface area contributed by atoms with Gasteiger partial charge >= 0.3 is 6.18 Å². The third-order valence-corrected chi connectivity index (χ3v) is 6.59. The molecule has 0 atom stereocenters. The number of anilines is 1. The second-order valence-electron chi connectivity index (χ2n) is 6.55. The number of ether oxygens (including phenoxy) is 1. The van der Waals surface area contributed by atoms with Crippen LogP contribution in [-0.2, 0) is 21.0 Å². The summed E-state index contributed by atoms with van der Waals surface area (Å²) in [6.45, 7) is 1.15. The molecule has 7 nitrogen and oxygen atoms in total. The van der Waals surface area contributed by atoms with Crippen molar-refractivity contribution >= 4 is 32.4 Å². The predicted octanol–water partition coefficient (Wildman–Crippen LogP) is 4.06. The van der Waals surface area contributed by atoms with Crippen molar-refractivity contribution in [3.63, 3.8) is 0 Å². The molecule has 0 aliphatic rings. The molecule has 3 aromatic rings. The average Bonchev–Trinajstić information content (AvgIpc) is 3.11. The molecule has 12 heteroatoms. The van der Waals surface area contributed by atoms with E-state index in [4.69, 9.17) is 4.74 Å². The van der Waals surface area contributed by atoms with E-state index in [-0.39, 0.29) is 5.13 Å². The summed E-state index contributed by atoms with van der Waals surface area (Å²) in [6.07, 6.45) is -4.69. The zero-order valence-electron chi connectivity index (χ0n) is 16.9. The summed E-state index contributed by atoms with van der Waals surface area (Å²) < 4.78 is 70.1. The molecule has 0 aliphatic heterocycles. The van der Waals surface area contributed by atoms with E-state index in [2.05, 4.69) is 10.3 Å². The van der Waals surface area contributed by atoms with Crippen molar-refractivity contribution in [2.24, 2.45) is 0 Å². The minimum absolute atomic E-state index is 0.261. The molecular weight excluding hydrogens is 467 g/mol. The van der Waals surface area contributed by atoms with Gasteiger partial charge in [-0.2, -0.15) is 13.2 Å². The molecule has 2 aromatic carbocycles. The topological polar surface area (TPSA) is 97.4 Å². The van der Waals surface area contributed by atoms with E-state index in [0.29, 0.717) is 17.5 Å². The molecule has 0 radical (unpaired) electrons. The fraction of sp³-hybridized carbons (Fsp3) is 0.200. The number of halogens is 3. The van der Waals surface area contributed by atoms with Crippen molar-refractivity contribution in [2.75, 3.05) is 19.0 Å². The van der Waals surface area contributed by atoms with Gasteiger partial charge in [-0.3, -0.25) is 4.79 Å². The molecular formula is C20H18F3N3O4S2. The van der Waals surface area contributed by atoms with Crippen LogP contribution in [0.15, 0.2) is 53.4 Å². The number of alkyl halides is 3. The van der Waals surface area contributed by atoms with E-state index in [1.165, 1.54) is 11.3 Å². The zero-order chi connectivity index (χ0) is 23.5. The van der Waals surface area contributed by atoms with E-state index < -0.39 is 39.1 Å². The largest absolute Gasteiger partial charge is 0.497 e. The van der Waals surface area contributed by atoms with Crippen LogP contribution in [-0.4, -0.2) is 33.0 Å². The molecule has 3 rings (SSSR count). The Balaban J connectivity index is 1.66. The molecule has 0 saturated heterocycles. The number of hydrogen-bond acceptors (Lipinski definition) is 6. The number of aromatic nitrogens is 1. The van der Waals surface area contributed by atoms with Crippen molar-refractivity contribution in [1.29, 1.82) is 0 Å². The van der Waals surface area contributed by atoms with Crippen molar-refractivity contribution in [3.8, 4) is 17.0 Å². The minimum atomic E-state index is -4.69. The Bertz CT molecular complexity index is 1220. The zero-order valence-corrected chi connectivity index (χ0v) is 18.5. The van der Waals surface area contributed by atoms with E-state index in [1.54, 1.807) is 19.2 Å². The lowest BCUT2D eigenvalue weighted by molar-refractivity contribution is -0.137. The van der Waals surface area contributed by atoms with Gasteiger partial charge in [-0.05, 0) is 49.4 Å². The summed E-state index contributed by atoms with van der Waals surface area (Å²) in [4.78, 5) is 16.8. The summed E-state index contributed by atoms with van der Waals surface area (Å²) >= 11 is 1.21. The number of carbonyl (C=O) groups is 1. The quantitative estimate of drug-likeness (QED) is 0.526. The standard InChI is InChI=1S/C20H18F3N3O4S2/c1-12-18(13-6-8-15(30-2)9-7-13)26-19(31-12)25-17(27)11-24-32(28,29)16-5-3-4-14(10-16)20(21,22)23/h3-10,24H,11H2,1-2H3,(H,25,26,27). The van der Waals surface area contributed by atoms with E-state index >= 15 is 0 Å². The number of hydrogen-bond donors (Lipinski definition) is 2. The summed E-state index contributed by atoms with van der Waals surface area (Å²) in [7, 11) is -2.77. The van der Waals surface area contributed by atoms with Crippen LogP contribution >= 0.6 is 11.3 Å². The Labute approximate surface area is 186 Å². The maximum atomic E-state index is 12.8. The predicted molar refractivity (Wildman–Crippen MR) is 114 cm³/mol. The minimum Gasteiger partial charge on any atom is -0.497 e. The van der Waals surface area contributed by atoms with Crippen LogP contribution in [0.4, 0.5) is 18.3 Å². The van der Waals surface area contributed by atoms with Crippen LogP contribution in [0.1, 0.15) is 10.4 Å². The first-order chi connectivity index (χ1) is 15.0. The van der Waals surface area contributed by atoms with Gasteiger partial charge < -0.3 is 10.1 Å². The first-order valence-corrected chi connectivity index (χ1v) is 11.4. The average molecular weight is 486 g/mol. The van der Waals surface area contributed by atoms with Crippen LogP contribution < -0.4 is 14.8 Å². The smallest absolute Gasteiger partial charge is 0.416 e. The molecule has 0 aliphatic carbocycles. The molecule has 0 unspecified atom stereocenters. The monoisotopic (exact) mass is 485 g/mol. The number of amides is 1. The number of aryl methyl sites for hydroxylation is 1. The van der Waals surface area contributed by atoms with Gasteiger partial charge in [0.05, 0.1) is 29.8 Å². The molecule has 0 saturated carbocycles. The summed E-state index contributed by atoms with van der Waals surface area (Å²) in [6, 6.07) is 10.4. The molecule has 2 N–H and O–H groups in total. The lowest BCUT2D eigenvalue weighted by atomic mass is 10.1. The fourth-order valence-electron chi connectivity index (χ4n) is 2.71. The number of carbonyl (C=O) groups excluding carboxylic acids is 1. The Morgan fingerprint density at radius 3 is 2.47 bits per heavy atom. The van der Waals surface area contributed by atoms with Crippen LogP contribution in [0.2, 0.25) is 0 Å². The normalized spacial score (nSPS) is 11.9. The third-order valence-electron chi connectivity index (χ3n) is 4.30. The van der Waals surface area contributed by atoms with Gasteiger partial charge in [0.25, 0.3) is 0 Å². The van der Waals surface area contributed by atoms with E-state index in [9.17, 15) is 26.4 Å². The molecule has 1 amide bonds. The number of nitrogens with zero attached hydrogens (tertiary/aromatic N) is 1.